The van der Waals surface area contributed by atoms with Gasteiger partial charge in [0.2, 0.25) is 0 Å². The molecule has 0 N–H and O–H groups in total. The van der Waals surface area contributed by atoms with Gasteiger partial charge in [0, 0.05) is 0 Å². The first kappa shape index (κ1) is 14.2. The molecule has 2 amide bonds. The number of methoxy groups -OCH3 is 1. The van der Waals surface area contributed by atoms with E-state index in [4.69, 9.17) is 4.74 Å². The van der Waals surface area contributed by atoms with Crippen LogP contribution in [-0.4, -0.2) is 30.1 Å². The second kappa shape index (κ2) is 5.05. The molecule has 5 nitrogen and oxygen atoms in total. The van der Waals surface area contributed by atoms with Crippen LogP contribution in [0.15, 0.2) is 35.5 Å². The van der Waals surface area contributed by atoms with Crippen molar-refractivity contribution in [3.05, 3.63) is 41.5 Å². The second-order valence-electron chi connectivity index (χ2n) is 6.46. The number of carbonyl (C=O) groups excluding carboxylic acids is 2. The van der Waals surface area contributed by atoms with Crippen LogP contribution in [0, 0.1) is 30.6 Å². The third-order valence-corrected chi connectivity index (χ3v) is 5.24. The second-order valence-corrected chi connectivity index (χ2v) is 6.46. The van der Waals surface area contributed by atoms with E-state index in [1.165, 1.54) is 0 Å². The summed E-state index contributed by atoms with van der Waals surface area (Å²) in [6, 6.07) is 5.60. The van der Waals surface area contributed by atoms with Crippen LogP contribution < -0.4 is 4.74 Å². The number of aryl methyl sites for hydroxylation is 1. The number of hydrazone groups is 1. The molecular formula is C18H18N2O3. The monoisotopic (exact) mass is 310 g/mol. The average molecular weight is 310 g/mol. The number of fused-ring (bicyclic) bond motifs is 5. The lowest BCUT2D eigenvalue weighted by Gasteiger charge is -2.13. The Balaban J connectivity index is 1.58. The Bertz CT molecular complexity index is 723. The molecule has 1 saturated carbocycles. The van der Waals surface area contributed by atoms with E-state index in [1.54, 1.807) is 13.3 Å². The van der Waals surface area contributed by atoms with Crippen molar-refractivity contribution in [1.82, 2.24) is 5.01 Å². The molecule has 0 unspecified atom stereocenters. The van der Waals surface area contributed by atoms with E-state index in [1.807, 2.05) is 25.1 Å². The zero-order valence-electron chi connectivity index (χ0n) is 13.1. The van der Waals surface area contributed by atoms with E-state index in [-0.39, 0.29) is 35.5 Å². The number of rotatable bonds is 3. The van der Waals surface area contributed by atoms with Crippen LogP contribution in [0.5, 0.6) is 5.75 Å². The van der Waals surface area contributed by atoms with Crippen molar-refractivity contribution in [3.8, 4) is 5.75 Å². The summed E-state index contributed by atoms with van der Waals surface area (Å²) in [5.41, 5.74) is 1.85. The fourth-order valence-corrected chi connectivity index (χ4v) is 4.04. The lowest BCUT2D eigenvalue weighted by molar-refractivity contribution is -0.140. The van der Waals surface area contributed by atoms with Gasteiger partial charge < -0.3 is 4.74 Å². The molecule has 2 aliphatic carbocycles. The normalized spacial score (nSPS) is 31.5. The number of amides is 2. The van der Waals surface area contributed by atoms with E-state index in [0.717, 1.165) is 28.3 Å². The third-order valence-electron chi connectivity index (χ3n) is 5.24. The molecule has 2 bridgehead atoms. The summed E-state index contributed by atoms with van der Waals surface area (Å²) in [6.07, 6.45) is 6.68. The van der Waals surface area contributed by atoms with Crippen LogP contribution in [0.1, 0.15) is 17.5 Å². The summed E-state index contributed by atoms with van der Waals surface area (Å²) < 4.78 is 5.17. The minimum absolute atomic E-state index is 0.153. The highest BCUT2D eigenvalue weighted by Crippen LogP contribution is 2.52. The van der Waals surface area contributed by atoms with Gasteiger partial charge in [-0.1, -0.05) is 12.2 Å². The maximum atomic E-state index is 12.5. The first-order chi connectivity index (χ1) is 11.1. The van der Waals surface area contributed by atoms with Gasteiger partial charge in [0.05, 0.1) is 25.2 Å². The number of imide groups is 1. The SMILES string of the molecule is COc1ccc(C=NN2C(=O)[C@@H]3[C@H](C2=O)[C@H]2C=C[C@H]3C2)c(C)c1. The average Bonchev–Trinajstić information content (AvgIpc) is 3.22. The van der Waals surface area contributed by atoms with Crippen LogP contribution in [0.25, 0.3) is 0 Å². The van der Waals surface area contributed by atoms with Gasteiger partial charge in [0.1, 0.15) is 5.75 Å². The number of benzene rings is 1. The Morgan fingerprint density at radius 3 is 2.39 bits per heavy atom. The van der Waals surface area contributed by atoms with Crippen molar-refractivity contribution in [1.29, 1.82) is 0 Å². The Morgan fingerprint density at radius 1 is 1.17 bits per heavy atom. The number of nitrogens with zero attached hydrogens (tertiary/aromatic N) is 2. The van der Waals surface area contributed by atoms with E-state index in [0.29, 0.717) is 0 Å². The Labute approximate surface area is 134 Å². The third kappa shape index (κ3) is 2.03. The summed E-state index contributed by atoms with van der Waals surface area (Å²) in [7, 11) is 1.62. The highest BCUT2D eigenvalue weighted by atomic mass is 16.5. The van der Waals surface area contributed by atoms with E-state index in [2.05, 4.69) is 17.3 Å². The molecule has 3 aliphatic rings. The Hall–Kier alpha value is -2.43. The van der Waals surface area contributed by atoms with Crippen molar-refractivity contribution < 1.29 is 14.3 Å². The van der Waals surface area contributed by atoms with Gasteiger partial charge in [-0.25, -0.2) is 0 Å². The molecule has 1 aromatic carbocycles. The Morgan fingerprint density at radius 2 is 1.83 bits per heavy atom. The molecule has 0 radical (unpaired) electrons. The number of hydrogen-bond acceptors (Lipinski definition) is 4. The van der Waals surface area contributed by atoms with Gasteiger partial charge in [-0.2, -0.15) is 10.1 Å². The summed E-state index contributed by atoms with van der Waals surface area (Å²) in [5.74, 6) is 0.482. The topological polar surface area (TPSA) is 59.0 Å². The van der Waals surface area contributed by atoms with Gasteiger partial charge >= 0.3 is 0 Å². The molecule has 0 aromatic heterocycles. The van der Waals surface area contributed by atoms with Crippen molar-refractivity contribution in [2.45, 2.75) is 13.3 Å². The largest absolute Gasteiger partial charge is 0.497 e. The molecule has 1 aromatic rings. The maximum Gasteiger partial charge on any atom is 0.254 e. The zero-order chi connectivity index (χ0) is 16.1. The molecule has 118 valence electrons. The first-order valence-electron chi connectivity index (χ1n) is 7.85. The van der Waals surface area contributed by atoms with Crippen LogP contribution in [0.4, 0.5) is 0 Å². The van der Waals surface area contributed by atoms with Crippen LogP contribution >= 0.6 is 0 Å². The predicted octanol–water partition coefficient (Wildman–Crippen LogP) is 2.14. The summed E-state index contributed by atoms with van der Waals surface area (Å²) in [6.45, 7) is 1.94. The zero-order valence-corrected chi connectivity index (χ0v) is 13.1. The molecule has 5 heteroatoms. The van der Waals surface area contributed by atoms with Crippen LogP contribution in [0.2, 0.25) is 0 Å². The summed E-state index contributed by atoms with van der Waals surface area (Å²) in [4.78, 5) is 25.1. The highest BCUT2D eigenvalue weighted by molar-refractivity contribution is 6.06. The van der Waals surface area contributed by atoms with E-state index < -0.39 is 0 Å². The lowest BCUT2D eigenvalue weighted by Crippen LogP contribution is -2.28. The number of allylic oxidation sites excluding steroid dienone is 2. The number of ether oxygens (including phenoxy) is 1. The van der Waals surface area contributed by atoms with Crippen molar-refractivity contribution in [2.75, 3.05) is 7.11 Å². The number of carbonyl (C=O) groups is 2. The van der Waals surface area contributed by atoms with Gasteiger partial charge in [0.15, 0.2) is 0 Å². The predicted molar refractivity (Wildman–Crippen MR) is 84.9 cm³/mol. The van der Waals surface area contributed by atoms with Crippen LogP contribution in [0.3, 0.4) is 0 Å². The van der Waals surface area contributed by atoms with Gasteiger partial charge in [-0.05, 0) is 54.5 Å². The Kier molecular flexibility index (Phi) is 3.11. The van der Waals surface area contributed by atoms with Gasteiger partial charge in [0.25, 0.3) is 11.8 Å². The first-order valence-corrected chi connectivity index (χ1v) is 7.85. The quantitative estimate of drug-likeness (QED) is 0.488. The van der Waals surface area contributed by atoms with Crippen LogP contribution in [-0.2, 0) is 9.59 Å². The number of hydrogen-bond donors (Lipinski definition) is 0. The smallest absolute Gasteiger partial charge is 0.254 e. The molecule has 4 atom stereocenters. The van der Waals surface area contributed by atoms with Crippen molar-refractivity contribution >= 4 is 18.0 Å². The fourth-order valence-electron chi connectivity index (χ4n) is 4.04. The minimum atomic E-state index is -0.202. The molecule has 1 heterocycles. The lowest BCUT2D eigenvalue weighted by atomic mass is 9.85. The maximum absolute atomic E-state index is 12.5. The van der Waals surface area contributed by atoms with Crippen molar-refractivity contribution in [2.24, 2.45) is 28.8 Å². The molecular weight excluding hydrogens is 292 g/mol. The molecule has 23 heavy (non-hydrogen) atoms. The summed E-state index contributed by atoms with van der Waals surface area (Å²) in [5, 5.41) is 5.27. The van der Waals surface area contributed by atoms with Gasteiger partial charge in [-0.15, -0.1) is 0 Å². The molecule has 1 aliphatic heterocycles. The highest BCUT2D eigenvalue weighted by Gasteiger charge is 2.59. The van der Waals surface area contributed by atoms with Gasteiger partial charge in [-0.3, -0.25) is 9.59 Å². The van der Waals surface area contributed by atoms with E-state index in [9.17, 15) is 9.59 Å². The summed E-state index contributed by atoms with van der Waals surface area (Å²) >= 11 is 0. The molecule has 4 rings (SSSR count). The van der Waals surface area contributed by atoms with E-state index >= 15 is 0 Å². The molecule has 2 fully saturated rings. The molecule has 0 spiro atoms. The minimum Gasteiger partial charge on any atom is -0.497 e. The van der Waals surface area contributed by atoms with Crippen molar-refractivity contribution in [3.63, 3.8) is 0 Å². The standard InChI is InChI=1S/C18H18N2O3/c1-10-7-14(23-2)6-5-13(10)9-19-20-17(21)15-11-3-4-12(8-11)16(15)18(20)22/h3-7,9,11-12,15-16H,8H2,1-2H3/t11-,12-,15-,16+/m0/s1. The molecule has 1 saturated heterocycles. The fraction of sp³-hybridized carbons (Fsp3) is 0.389.